The molecule has 0 fully saturated rings. The van der Waals surface area contributed by atoms with Crippen molar-refractivity contribution in [1.29, 1.82) is 0 Å². The van der Waals surface area contributed by atoms with Crippen LogP contribution in [0.1, 0.15) is 30.1 Å². The molecule has 1 heteroatoms. The molecule has 0 amide bonds. The third kappa shape index (κ3) is 2.30. The fourth-order valence-corrected chi connectivity index (χ4v) is 1.85. The van der Waals surface area contributed by atoms with E-state index in [4.69, 9.17) is 0 Å². The van der Waals surface area contributed by atoms with Crippen LogP contribution in [-0.2, 0) is 0 Å². The number of rotatable bonds is 3. The first-order valence-corrected chi connectivity index (χ1v) is 5.53. The molecule has 0 saturated heterocycles. The summed E-state index contributed by atoms with van der Waals surface area (Å²) >= 11 is 0. The van der Waals surface area contributed by atoms with Crippen LogP contribution in [0.4, 0.5) is 4.39 Å². The molecular weight excluding hydrogens is 199 g/mol. The van der Waals surface area contributed by atoms with Gasteiger partial charge in [-0.3, -0.25) is 0 Å². The van der Waals surface area contributed by atoms with Crippen molar-refractivity contribution in [2.24, 2.45) is 0 Å². The molecule has 0 spiro atoms. The molecule has 0 nitrogen and oxygen atoms in total. The van der Waals surface area contributed by atoms with Gasteiger partial charge in [0, 0.05) is 5.92 Å². The first-order chi connectivity index (χ1) is 7.79. The lowest BCUT2D eigenvalue weighted by molar-refractivity contribution is 0.299. The molecule has 0 saturated carbocycles. The lowest BCUT2D eigenvalue weighted by Crippen LogP contribution is -2.03. The van der Waals surface area contributed by atoms with Crippen LogP contribution < -0.4 is 0 Å². The van der Waals surface area contributed by atoms with Crippen molar-refractivity contribution in [3.05, 3.63) is 71.8 Å². The minimum Gasteiger partial charge on any atom is -0.242 e. The molecule has 0 aliphatic rings. The van der Waals surface area contributed by atoms with E-state index in [1.165, 1.54) is 0 Å². The summed E-state index contributed by atoms with van der Waals surface area (Å²) in [6.07, 6.45) is -0.941. The van der Waals surface area contributed by atoms with E-state index in [0.717, 1.165) is 11.1 Å². The Morgan fingerprint density at radius 3 is 1.69 bits per heavy atom. The summed E-state index contributed by atoms with van der Waals surface area (Å²) in [5.74, 6) is -0.108. The summed E-state index contributed by atoms with van der Waals surface area (Å²) in [5, 5.41) is 0. The molecule has 0 aliphatic carbocycles. The van der Waals surface area contributed by atoms with Crippen LogP contribution in [-0.4, -0.2) is 0 Å². The molecule has 16 heavy (non-hydrogen) atoms. The second-order valence-electron chi connectivity index (χ2n) is 4.01. The molecule has 0 aromatic heterocycles. The van der Waals surface area contributed by atoms with Gasteiger partial charge in [0.2, 0.25) is 0 Å². The van der Waals surface area contributed by atoms with Crippen molar-refractivity contribution in [1.82, 2.24) is 0 Å². The van der Waals surface area contributed by atoms with E-state index in [1.54, 1.807) is 0 Å². The number of hydrogen-bond acceptors (Lipinski definition) is 0. The van der Waals surface area contributed by atoms with Crippen molar-refractivity contribution < 1.29 is 4.39 Å². The zero-order chi connectivity index (χ0) is 11.4. The zero-order valence-corrected chi connectivity index (χ0v) is 9.31. The molecule has 82 valence electrons. The van der Waals surface area contributed by atoms with Crippen molar-refractivity contribution in [2.75, 3.05) is 0 Å². The van der Waals surface area contributed by atoms with Crippen molar-refractivity contribution in [3.8, 4) is 0 Å². The summed E-state index contributed by atoms with van der Waals surface area (Å²) < 4.78 is 14.2. The Kier molecular flexibility index (Phi) is 3.35. The van der Waals surface area contributed by atoms with Crippen LogP contribution in [0.15, 0.2) is 60.7 Å². The number of halogens is 1. The number of alkyl halides is 1. The maximum absolute atomic E-state index is 14.2. The average molecular weight is 214 g/mol. The second-order valence-corrected chi connectivity index (χ2v) is 4.01. The fourth-order valence-electron chi connectivity index (χ4n) is 1.85. The molecular formula is C15H15F. The van der Waals surface area contributed by atoms with Crippen LogP contribution in [0.5, 0.6) is 0 Å². The van der Waals surface area contributed by atoms with Gasteiger partial charge in [0.1, 0.15) is 6.17 Å². The largest absolute Gasteiger partial charge is 0.242 e. The van der Waals surface area contributed by atoms with Gasteiger partial charge in [-0.1, -0.05) is 67.6 Å². The molecule has 2 atom stereocenters. The quantitative estimate of drug-likeness (QED) is 0.705. The van der Waals surface area contributed by atoms with Gasteiger partial charge in [-0.2, -0.15) is 0 Å². The monoisotopic (exact) mass is 214 g/mol. The van der Waals surface area contributed by atoms with Gasteiger partial charge in [-0.15, -0.1) is 0 Å². The average Bonchev–Trinajstić information content (AvgIpc) is 2.39. The molecule has 0 heterocycles. The first kappa shape index (κ1) is 10.9. The zero-order valence-electron chi connectivity index (χ0n) is 9.31. The van der Waals surface area contributed by atoms with Gasteiger partial charge in [-0.05, 0) is 11.1 Å². The fraction of sp³-hybridized carbons (Fsp3) is 0.200. The second kappa shape index (κ2) is 4.93. The van der Waals surface area contributed by atoms with E-state index in [9.17, 15) is 4.39 Å². The molecule has 0 aliphatic heterocycles. The molecule has 2 rings (SSSR count). The molecule has 1 unspecified atom stereocenters. The summed E-state index contributed by atoms with van der Waals surface area (Å²) in [7, 11) is 0. The molecule has 0 radical (unpaired) electrons. The number of benzene rings is 2. The highest BCUT2D eigenvalue weighted by molar-refractivity contribution is 5.25. The topological polar surface area (TPSA) is 0 Å². The smallest absolute Gasteiger partial charge is 0.132 e. The predicted molar refractivity (Wildman–Crippen MR) is 65.1 cm³/mol. The molecule has 0 N–H and O–H groups in total. The Hall–Kier alpha value is -1.63. The highest BCUT2D eigenvalue weighted by Crippen LogP contribution is 2.33. The SMILES string of the molecule is C[C@@H](c1ccccc1)C(F)c1ccccc1. The Morgan fingerprint density at radius 1 is 0.750 bits per heavy atom. The van der Waals surface area contributed by atoms with Crippen LogP contribution in [0, 0.1) is 0 Å². The van der Waals surface area contributed by atoms with Crippen LogP contribution in [0.25, 0.3) is 0 Å². The Balaban J connectivity index is 2.20. The van der Waals surface area contributed by atoms with Crippen LogP contribution in [0.3, 0.4) is 0 Å². The summed E-state index contributed by atoms with van der Waals surface area (Å²) in [5.41, 5.74) is 1.79. The van der Waals surface area contributed by atoms with Crippen molar-refractivity contribution in [2.45, 2.75) is 19.0 Å². The van der Waals surface area contributed by atoms with Crippen LogP contribution in [0.2, 0.25) is 0 Å². The predicted octanol–water partition coefficient (Wildman–Crippen LogP) is 4.50. The van der Waals surface area contributed by atoms with Gasteiger partial charge in [0.15, 0.2) is 0 Å². The Bertz CT molecular complexity index is 378. The van der Waals surface area contributed by atoms with Gasteiger partial charge < -0.3 is 0 Å². The normalized spacial score (nSPS) is 14.4. The Morgan fingerprint density at radius 2 is 1.19 bits per heavy atom. The van der Waals surface area contributed by atoms with Gasteiger partial charge >= 0.3 is 0 Å². The van der Waals surface area contributed by atoms with E-state index in [-0.39, 0.29) is 5.92 Å². The highest BCUT2D eigenvalue weighted by Gasteiger charge is 2.19. The Labute approximate surface area is 95.7 Å². The molecule has 2 aromatic carbocycles. The molecule has 0 bridgehead atoms. The van der Waals surface area contributed by atoms with Crippen LogP contribution >= 0.6 is 0 Å². The third-order valence-electron chi connectivity index (χ3n) is 2.88. The summed E-state index contributed by atoms with van der Waals surface area (Å²) in [4.78, 5) is 0. The van der Waals surface area contributed by atoms with E-state index >= 15 is 0 Å². The number of hydrogen-bond donors (Lipinski definition) is 0. The van der Waals surface area contributed by atoms with E-state index in [1.807, 2.05) is 67.6 Å². The van der Waals surface area contributed by atoms with Gasteiger partial charge in [0.05, 0.1) is 0 Å². The van der Waals surface area contributed by atoms with E-state index < -0.39 is 6.17 Å². The lowest BCUT2D eigenvalue weighted by Gasteiger charge is -2.17. The highest BCUT2D eigenvalue weighted by atomic mass is 19.1. The van der Waals surface area contributed by atoms with Gasteiger partial charge in [-0.25, -0.2) is 4.39 Å². The maximum Gasteiger partial charge on any atom is 0.132 e. The third-order valence-corrected chi connectivity index (χ3v) is 2.88. The minimum absolute atomic E-state index is 0.108. The lowest BCUT2D eigenvalue weighted by atomic mass is 9.92. The standard InChI is InChI=1S/C15H15F/c1-12(13-8-4-2-5-9-13)15(16)14-10-6-3-7-11-14/h2-12,15H,1H3/t12-,15?/m0/s1. The van der Waals surface area contributed by atoms with Crippen molar-refractivity contribution in [3.63, 3.8) is 0 Å². The minimum atomic E-state index is -0.941. The van der Waals surface area contributed by atoms with E-state index in [2.05, 4.69) is 0 Å². The molecule has 2 aromatic rings. The first-order valence-electron chi connectivity index (χ1n) is 5.53. The maximum atomic E-state index is 14.2. The van der Waals surface area contributed by atoms with E-state index in [0.29, 0.717) is 0 Å². The van der Waals surface area contributed by atoms with Crippen molar-refractivity contribution >= 4 is 0 Å². The summed E-state index contributed by atoms with van der Waals surface area (Å²) in [6, 6.07) is 19.1. The summed E-state index contributed by atoms with van der Waals surface area (Å²) in [6.45, 7) is 1.92. The van der Waals surface area contributed by atoms with Gasteiger partial charge in [0.25, 0.3) is 0 Å².